The van der Waals surface area contributed by atoms with Crippen LogP contribution >= 0.6 is 11.6 Å². The molecule has 26 heavy (non-hydrogen) atoms. The Kier molecular flexibility index (Phi) is 5.94. The zero-order valence-electron chi connectivity index (χ0n) is 14.9. The van der Waals surface area contributed by atoms with Gasteiger partial charge in [-0.3, -0.25) is 19.8 Å². The van der Waals surface area contributed by atoms with Crippen LogP contribution in [0.15, 0.2) is 24.3 Å². The van der Waals surface area contributed by atoms with Crippen molar-refractivity contribution < 1.29 is 9.72 Å². The molecular formula is C19H24ClN3O3. The summed E-state index contributed by atoms with van der Waals surface area (Å²) in [6, 6.07) is 5.17. The van der Waals surface area contributed by atoms with Crippen molar-refractivity contribution in [1.82, 2.24) is 9.80 Å². The van der Waals surface area contributed by atoms with Crippen molar-refractivity contribution in [2.24, 2.45) is 0 Å². The van der Waals surface area contributed by atoms with Gasteiger partial charge in [0.25, 0.3) is 5.69 Å². The summed E-state index contributed by atoms with van der Waals surface area (Å²) in [5.41, 5.74) is 0.573. The van der Waals surface area contributed by atoms with E-state index in [-0.39, 0.29) is 11.6 Å². The smallest absolute Gasteiger partial charge is 0.276 e. The third-order valence-electron chi connectivity index (χ3n) is 5.24. The summed E-state index contributed by atoms with van der Waals surface area (Å²) in [6.07, 6.45) is 7.58. The lowest BCUT2D eigenvalue weighted by Crippen LogP contribution is -2.62. The van der Waals surface area contributed by atoms with E-state index in [1.165, 1.54) is 18.6 Å². The van der Waals surface area contributed by atoms with Crippen molar-refractivity contribution in [3.05, 3.63) is 45.0 Å². The first-order chi connectivity index (χ1) is 12.5. The van der Waals surface area contributed by atoms with Crippen molar-refractivity contribution in [3.63, 3.8) is 0 Å². The molecule has 0 unspecified atom stereocenters. The van der Waals surface area contributed by atoms with Crippen LogP contribution in [0, 0.1) is 10.1 Å². The fourth-order valence-corrected chi connectivity index (χ4v) is 4.27. The van der Waals surface area contributed by atoms with Gasteiger partial charge in [0.2, 0.25) is 5.91 Å². The summed E-state index contributed by atoms with van der Waals surface area (Å²) in [7, 11) is 0. The fraction of sp³-hybridized carbons (Fsp3) is 0.526. The van der Waals surface area contributed by atoms with Gasteiger partial charge in [-0.2, -0.15) is 0 Å². The first kappa shape index (κ1) is 18.9. The Hall–Kier alpha value is -1.92. The molecule has 2 bridgehead atoms. The molecule has 0 saturated carbocycles. The van der Waals surface area contributed by atoms with Crippen LogP contribution in [-0.2, 0) is 4.79 Å². The van der Waals surface area contributed by atoms with Crippen LogP contribution in [0.1, 0.15) is 38.2 Å². The summed E-state index contributed by atoms with van der Waals surface area (Å²) < 4.78 is 0. The molecule has 0 radical (unpaired) electrons. The van der Waals surface area contributed by atoms with E-state index in [1.807, 2.05) is 13.0 Å². The van der Waals surface area contributed by atoms with Gasteiger partial charge >= 0.3 is 0 Å². The zero-order valence-corrected chi connectivity index (χ0v) is 15.7. The van der Waals surface area contributed by atoms with Gasteiger partial charge in [-0.1, -0.05) is 30.7 Å². The van der Waals surface area contributed by atoms with Gasteiger partial charge in [0.1, 0.15) is 0 Å². The molecule has 1 aromatic rings. The monoisotopic (exact) mass is 377 g/mol. The summed E-state index contributed by atoms with van der Waals surface area (Å²) >= 11 is 5.97. The molecule has 1 aromatic carbocycles. The van der Waals surface area contributed by atoms with Crippen LogP contribution in [0.25, 0.3) is 6.08 Å². The molecule has 2 aliphatic heterocycles. The van der Waals surface area contributed by atoms with Gasteiger partial charge in [-0.15, -0.1) is 0 Å². The molecule has 2 fully saturated rings. The van der Waals surface area contributed by atoms with Gasteiger partial charge in [-0.25, -0.2) is 0 Å². The molecule has 6 nitrogen and oxygen atoms in total. The molecule has 0 aromatic heterocycles. The molecule has 2 atom stereocenters. The number of nitro groups is 1. The predicted octanol–water partition coefficient (Wildman–Crippen LogP) is 3.74. The highest BCUT2D eigenvalue weighted by Crippen LogP contribution is 2.29. The number of hydrogen-bond donors (Lipinski definition) is 0. The van der Waals surface area contributed by atoms with Crippen molar-refractivity contribution in [3.8, 4) is 0 Å². The molecule has 0 aliphatic carbocycles. The van der Waals surface area contributed by atoms with Crippen LogP contribution in [0.3, 0.4) is 0 Å². The summed E-state index contributed by atoms with van der Waals surface area (Å²) in [6.45, 7) is 4.37. The maximum atomic E-state index is 12.2. The Morgan fingerprint density at radius 1 is 1.35 bits per heavy atom. The number of carbonyl (C=O) groups is 1. The van der Waals surface area contributed by atoms with Crippen LogP contribution in [0.5, 0.6) is 0 Å². The predicted molar refractivity (Wildman–Crippen MR) is 102 cm³/mol. The van der Waals surface area contributed by atoms with Gasteiger partial charge in [-0.05, 0) is 31.4 Å². The number of rotatable bonds is 5. The molecule has 0 N–H and O–H groups in total. The number of fused-ring (bicyclic) bond motifs is 2. The first-order valence-electron chi connectivity index (χ1n) is 9.13. The summed E-state index contributed by atoms with van der Waals surface area (Å²) in [5, 5.41) is 11.6. The van der Waals surface area contributed by atoms with Crippen LogP contribution < -0.4 is 0 Å². The molecule has 1 amide bonds. The first-order valence-corrected chi connectivity index (χ1v) is 9.51. The second-order valence-corrected chi connectivity index (χ2v) is 7.41. The van der Waals surface area contributed by atoms with E-state index in [0.29, 0.717) is 35.6 Å². The lowest BCUT2D eigenvalue weighted by molar-refractivity contribution is -0.385. The number of carbonyl (C=O) groups excluding carboxylic acids is 1. The Bertz CT molecular complexity index is 708. The van der Waals surface area contributed by atoms with E-state index in [0.717, 1.165) is 25.9 Å². The standard InChI is InChI=1S/C19H24ClN3O3/c1-2-19(24)22-16-6-3-7-17(22)13-21(12-16)10-4-5-14-11-15(20)8-9-18(14)23(25)26/h4-5,8-9,11,16-17H,2-3,6-7,10,12-13H2,1H3/b5-4+/t16-,17+. The quantitative estimate of drug-likeness (QED) is 0.579. The van der Waals surface area contributed by atoms with E-state index in [4.69, 9.17) is 11.6 Å². The van der Waals surface area contributed by atoms with Gasteiger partial charge < -0.3 is 4.90 Å². The molecule has 140 valence electrons. The molecule has 3 rings (SSSR count). The minimum absolute atomic E-state index is 0.0564. The average Bonchev–Trinajstić information content (AvgIpc) is 2.60. The normalized spacial score (nSPS) is 23.4. The SMILES string of the molecule is CCC(=O)N1[C@@H]2CCC[C@H]1CN(C/C=C/c1cc(Cl)ccc1[N+](=O)[O-])C2. The number of piperazine rings is 1. The Morgan fingerprint density at radius 2 is 2.04 bits per heavy atom. The summed E-state index contributed by atoms with van der Waals surface area (Å²) in [4.78, 5) is 27.4. The Balaban J connectivity index is 1.66. The van der Waals surface area contributed by atoms with Crippen molar-refractivity contribution in [1.29, 1.82) is 0 Å². The van der Waals surface area contributed by atoms with E-state index in [2.05, 4.69) is 9.80 Å². The Labute approximate surface area is 158 Å². The largest absolute Gasteiger partial charge is 0.334 e. The van der Waals surface area contributed by atoms with Gasteiger partial charge in [0, 0.05) is 49.2 Å². The number of piperidine rings is 1. The molecule has 2 saturated heterocycles. The minimum Gasteiger partial charge on any atom is -0.334 e. The summed E-state index contributed by atoms with van der Waals surface area (Å²) in [5.74, 6) is 0.254. The highest BCUT2D eigenvalue weighted by Gasteiger charge is 2.38. The average molecular weight is 378 g/mol. The molecule has 2 heterocycles. The number of halogens is 1. The van der Waals surface area contributed by atoms with E-state index in [1.54, 1.807) is 12.1 Å². The van der Waals surface area contributed by atoms with Crippen molar-refractivity contribution in [2.75, 3.05) is 19.6 Å². The maximum Gasteiger partial charge on any atom is 0.276 e. The number of likely N-dealkylation sites (tertiary alicyclic amines) is 1. The fourth-order valence-electron chi connectivity index (χ4n) is 4.09. The number of nitrogens with zero attached hydrogens (tertiary/aromatic N) is 3. The molecule has 2 aliphatic rings. The van der Waals surface area contributed by atoms with Crippen molar-refractivity contribution >= 4 is 29.3 Å². The third kappa shape index (κ3) is 4.07. The topological polar surface area (TPSA) is 66.7 Å². The van der Waals surface area contributed by atoms with Gasteiger partial charge in [0.15, 0.2) is 0 Å². The lowest BCUT2D eigenvalue weighted by Gasteiger charge is -2.50. The number of amides is 1. The second kappa shape index (κ2) is 8.18. The van der Waals surface area contributed by atoms with Crippen LogP contribution in [0.4, 0.5) is 5.69 Å². The highest BCUT2D eigenvalue weighted by molar-refractivity contribution is 6.30. The molecule has 7 heteroatoms. The van der Waals surface area contributed by atoms with Gasteiger partial charge in [0.05, 0.1) is 10.5 Å². The second-order valence-electron chi connectivity index (χ2n) is 6.97. The molecule has 0 spiro atoms. The highest BCUT2D eigenvalue weighted by atomic mass is 35.5. The van der Waals surface area contributed by atoms with E-state index in [9.17, 15) is 14.9 Å². The van der Waals surface area contributed by atoms with E-state index >= 15 is 0 Å². The minimum atomic E-state index is -0.393. The van der Waals surface area contributed by atoms with Crippen molar-refractivity contribution in [2.45, 2.75) is 44.7 Å². The zero-order chi connectivity index (χ0) is 18.7. The lowest BCUT2D eigenvalue weighted by atomic mass is 9.91. The van der Waals surface area contributed by atoms with Crippen LogP contribution in [0.2, 0.25) is 5.02 Å². The third-order valence-corrected chi connectivity index (χ3v) is 5.47. The number of nitro benzene ring substituents is 1. The maximum absolute atomic E-state index is 12.2. The van der Waals surface area contributed by atoms with Crippen LogP contribution in [-0.4, -0.2) is 52.3 Å². The molecular weight excluding hydrogens is 354 g/mol. The van der Waals surface area contributed by atoms with E-state index < -0.39 is 4.92 Å². The number of hydrogen-bond acceptors (Lipinski definition) is 4. The Morgan fingerprint density at radius 3 is 2.65 bits per heavy atom. The number of benzene rings is 1.